The zero-order valence-corrected chi connectivity index (χ0v) is 12.5. The standard InChI is InChI=1S/C17H15N5/c1-22(2)17-8-7-15(12-21-17)14-5-3-13(4-6-14)11-20-16(9-18)10-19/h3-8,12H,11H2,1-2H3. The van der Waals surface area contributed by atoms with Gasteiger partial charge in [0.25, 0.3) is 0 Å². The predicted octanol–water partition coefficient (Wildman–Crippen LogP) is 2.80. The molecule has 0 saturated carbocycles. The minimum atomic E-state index is -0.104. The molecule has 5 heteroatoms. The second-order valence-corrected chi connectivity index (χ2v) is 4.88. The fraction of sp³-hybridized carbons (Fsp3) is 0.176. The maximum absolute atomic E-state index is 8.64. The van der Waals surface area contributed by atoms with Crippen LogP contribution in [0, 0.1) is 22.7 Å². The first kappa shape index (κ1) is 15.2. The third-order valence-electron chi connectivity index (χ3n) is 3.12. The minimum absolute atomic E-state index is 0.104. The fourth-order valence-corrected chi connectivity index (χ4v) is 1.89. The highest BCUT2D eigenvalue weighted by molar-refractivity contribution is 6.10. The molecule has 108 valence electrons. The van der Waals surface area contributed by atoms with E-state index in [1.165, 1.54) is 0 Å². The summed E-state index contributed by atoms with van der Waals surface area (Å²) >= 11 is 0. The first-order valence-corrected chi connectivity index (χ1v) is 6.71. The number of pyridine rings is 1. The largest absolute Gasteiger partial charge is 0.363 e. The van der Waals surface area contributed by atoms with Gasteiger partial charge in [0, 0.05) is 25.9 Å². The summed E-state index contributed by atoms with van der Waals surface area (Å²) in [6, 6.07) is 15.3. The molecule has 2 rings (SSSR count). The average molecular weight is 289 g/mol. The third kappa shape index (κ3) is 3.68. The van der Waals surface area contributed by atoms with Crippen LogP contribution < -0.4 is 4.90 Å². The van der Waals surface area contributed by atoms with Gasteiger partial charge in [-0.3, -0.25) is 4.99 Å². The lowest BCUT2D eigenvalue weighted by atomic mass is 10.1. The van der Waals surface area contributed by atoms with Crippen molar-refractivity contribution in [3.8, 4) is 23.3 Å². The molecule has 0 aliphatic carbocycles. The van der Waals surface area contributed by atoms with E-state index >= 15 is 0 Å². The molecule has 1 aromatic heterocycles. The summed E-state index contributed by atoms with van der Waals surface area (Å²) < 4.78 is 0. The first-order valence-electron chi connectivity index (χ1n) is 6.71. The molecule has 0 aliphatic rings. The Hall–Kier alpha value is -3.18. The molecule has 0 amide bonds. The molecule has 0 aliphatic heterocycles. The van der Waals surface area contributed by atoms with Gasteiger partial charge in [0.2, 0.25) is 5.71 Å². The normalized spacial score (nSPS) is 9.45. The molecule has 0 fully saturated rings. The topological polar surface area (TPSA) is 76.1 Å². The number of hydrogen-bond donors (Lipinski definition) is 0. The number of benzene rings is 1. The van der Waals surface area contributed by atoms with Crippen molar-refractivity contribution in [3.05, 3.63) is 48.2 Å². The van der Waals surface area contributed by atoms with Gasteiger partial charge in [-0.05, 0) is 23.3 Å². The van der Waals surface area contributed by atoms with Gasteiger partial charge in [-0.2, -0.15) is 10.5 Å². The molecule has 0 unspecified atom stereocenters. The Morgan fingerprint density at radius 3 is 2.18 bits per heavy atom. The van der Waals surface area contributed by atoms with Gasteiger partial charge in [-0.25, -0.2) is 4.98 Å². The van der Waals surface area contributed by atoms with E-state index in [2.05, 4.69) is 9.98 Å². The predicted molar refractivity (Wildman–Crippen MR) is 86.4 cm³/mol. The Morgan fingerprint density at radius 1 is 1.05 bits per heavy atom. The van der Waals surface area contributed by atoms with Crippen molar-refractivity contribution in [2.24, 2.45) is 4.99 Å². The van der Waals surface area contributed by atoms with Crippen molar-refractivity contribution in [3.63, 3.8) is 0 Å². The smallest absolute Gasteiger partial charge is 0.213 e. The van der Waals surface area contributed by atoms with Gasteiger partial charge >= 0.3 is 0 Å². The molecule has 0 saturated heterocycles. The molecule has 22 heavy (non-hydrogen) atoms. The quantitative estimate of drug-likeness (QED) is 0.811. The summed E-state index contributed by atoms with van der Waals surface area (Å²) in [5.41, 5.74) is 2.94. The first-order chi connectivity index (χ1) is 10.6. The van der Waals surface area contributed by atoms with E-state index in [4.69, 9.17) is 10.5 Å². The summed E-state index contributed by atoms with van der Waals surface area (Å²) in [5.74, 6) is 0.912. The molecular weight excluding hydrogens is 274 g/mol. The maximum atomic E-state index is 8.64. The van der Waals surface area contributed by atoms with Gasteiger partial charge in [0.1, 0.15) is 18.0 Å². The van der Waals surface area contributed by atoms with Crippen molar-refractivity contribution in [2.45, 2.75) is 6.54 Å². The van der Waals surface area contributed by atoms with Crippen molar-refractivity contribution in [1.82, 2.24) is 4.98 Å². The highest BCUT2D eigenvalue weighted by Gasteiger charge is 2.01. The molecular formula is C17H15N5. The summed E-state index contributed by atoms with van der Waals surface area (Å²) in [7, 11) is 3.90. The molecule has 2 aromatic rings. The second kappa shape index (κ2) is 7.01. The highest BCUT2D eigenvalue weighted by atomic mass is 15.1. The van der Waals surface area contributed by atoms with Crippen LogP contribution >= 0.6 is 0 Å². The number of aromatic nitrogens is 1. The van der Waals surface area contributed by atoms with Crippen molar-refractivity contribution < 1.29 is 0 Å². The number of nitriles is 2. The fourth-order valence-electron chi connectivity index (χ4n) is 1.89. The van der Waals surface area contributed by atoms with Gasteiger partial charge in [0.15, 0.2) is 0 Å². The summed E-state index contributed by atoms with van der Waals surface area (Å²) in [6.45, 7) is 0.328. The van der Waals surface area contributed by atoms with Crippen molar-refractivity contribution in [2.75, 3.05) is 19.0 Å². The van der Waals surface area contributed by atoms with Gasteiger partial charge in [-0.1, -0.05) is 24.3 Å². The zero-order chi connectivity index (χ0) is 15.9. The van der Waals surface area contributed by atoms with Gasteiger partial charge < -0.3 is 4.90 Å². The molecule has 1 heterocycles. The van der Waals surface area contributed by atoms with Crippen LogP contribution in [0.1, 0.15) is 5.56 Å². The van der Waals surface area contributed by atoms with E-state index in [0.29, 0.717) is 6.54 Å². The van der Waals surface area contributed by atoms with E-state index in [0.717, 1.165) is 22.5 Å². The number of anilines is 1. The van der Waals surface area contributed by atoms with E-state index in [-0.39, 0.29) is 5.71 Å². The van der Waals surface area contributed by atoms with Crippen LogP contribution in [-0.4, -0.2) is 24.8 Å². The van der Waals surface area contributed by atoms with Gasteiger partial charge in [0.05, 0.1) is 6.54 Å². The van der Waals surface area contributed by atoms with E-state index in [9.17, 15) is 0 Å². The summed E-state index contributed by atoms with van der Waals surface area (Å²) in [5, 5.41) is 17.3. The number of aliphatic imine (C=N–C) groups is 1. The summed E-state index contributed by atoms with van der Waals surface area (Å²) in [4.78, 5) is 10.3. The average Bonchev–Trinajstić information content (AvgIpc) is 2.56. The number of nitrogens with zero attached hydrogens (tertiary/aromatic N) is 5. The molecule has 0 atom stereocenters. The Bertz CT molecular complexity index is 728. The Balaban J connectivity index is 2.14. The Morgan fingerprint density at radius 2 is 1.68 bits per heavy atom. The Kier molecular flexibility index (Phi) is 4.85. The van der Waals surface area contributed by atoms with Crippen LogP contribution in [0.15, 0.2) is 47.6 Å². The van der Waals surface area contributed by atoms with E-state index in [1.54, 1.807) is 12.1 Å². The minimum Gasteiger partial charge on any atom is -0.363 e. The lowest BCUT2D eigenvalue weighted by Gasteiger charge is -2.11. The lowest BCUT2D eigenvalue weighted by molar-refractivity contribution is 1.07. The van der Waals surface area contributed by atoms with Gasteiger partial charge in [-0.15, -0.1) is 0 Å². The lowest BCUT2D eigenvalue weighted by Crippen LogP contribution is -2.09. The van der Waals surface area contributed by atoms with Crippen LogP contribution in [0.25, 0.3) is 11.1 Å². The molecule has 5 nitrogen and oxygen atoms in total. The van der Waals surface area contributed by atoms with Crippen molar-refractivity contribution in [1.29, 1.82) is 10.5 Å². The van der Waals surface area contributed by atoms with Crippen LogP contribution in [0.5, 0.6) is 0 Å². The van der Waals surface area contributed by atoms with E-state index < -0.39 is 0 Å². The molecule has 0 radical (unpaired) electrons. The third-order valence-corrected chi connectivity index (χ3v) is 3.12. The van der Waals surface area contributed by atoms with Crippen LogP contribution in [0.2, 0.25) is 0 Å². The summed E-state index contributed by atoms with van der Waals surface area (Å²) in [6.07, 6.45) is 1.84. The number of rotatable bonds is 4. The molecule has 0 spiro atoms. The second-order valence-electron chi connectivity index (χ2n) is 4.88. The van der Waals surface area contributed by atoms with Crippen LogP contribution in [0.3, 0.4) is 0 Å². The van der Waals surface area contributed by atoms with E-state index in [1.807, 2.05) is 61.6 Å². The maximum Gasteiger partial charge on any atom is 0.213 e. The SMILES string of the molecule is CN(C)c1ccc(-c2ccc(CN=C(C#N)C#N)cc2)cn1. The van der Waals surface area contributed by atoms with Crippen molar-refractivity contribution >= 4 is 11.5 Å². The highest BCUT2D eigenvalue weighted by Crippen LogP contribution is 2.21. The monoisotopic (exact) mass is 289 g/mol. The molecule has 1 aromatic carbocycles. The Labute approximate surface area is 129 Å². The molecule has 0 N–H and O–H groups in total. The van der Waals surface area contributed by atoms with Crippen LogP contribution in [0.4, 0.5) is 5.82 Å². The van der Waals surface area contributed by atoms with Crippen LogP contribution in [-0.2, 0) is 6.54 Å². The number of hydrogen-bond acceptors (Lipinski definition) is 5. The zero-order valence-electron chi connectivity index (χ0n) is 12.5. The molecule has 0 bridgehead atoms.